The highest BCUT2D eigenvalue weighted by Crippen LogP contribution is 2.68. The molecule has 4 aliphatic rings. The molecule has 3 heteroatoms. The Morgan fingerprint density at radius 1 is 1.08 bits per heavy atom. The average Bonchev–Trinajstić information content (AvgIpc) is 2.99. The van der Waals surface area contributed by atoms with Crippen molar-refractivity contribution in [2.45, 2.75) is 71.6 Å². The number of ether oxygens (including phenoxy) is 1. The van der Waals surface area contributed by atoms with Gasteiger partial charge in [-0.15, -0.1) is 0 Å². The van der Waals surface area contributed by atoms with Gasteiger partial charge in [0.15, 0.2) is 0 Å². The lowest BCUT2D eigenvalue weighted by Gasteiger charge is -2.61. The standard InChI is InChI=1S/C23H37BrO2/c1-15-8-11-23(14-26-3)16(12-15)4-5-17-18-6-7-20(21(25)13-24)22(18,2)10-9-19(17)23/h15-20H,4-14H2,1-3H3/t15?,16-,17+,18?,19?,20?,22+,23?/m1/s1. The molecule has 0 spiro atoms. The summed E-state index contributed by atoms with van der Waals surface area (Å²) in [6, 6.07) is 0. The van der Waals surface area contributed by atoms with E-state index in [1.54, 1.807) is 0 Å². The minimum Gasteiger partial charge on any atom is -0.384 e. The summed E-state index contributed by atoms with van der Waals surface area (Å²) in [5.74, 6) is 4.96. The highest BCUT2D eigenvalue weighted by Gasteiger charge is 2.62. The summed E-state index contributed by atoms with van der Waals surface area (Å²) in [5, 5.41) is 0.543. The summed E-state index contributed by atoms with van der Waals surface area (Å²) < 4.78 is 5.88. The maximum Gasteiger partial charge on any atom is 0.147 e. The van der Waals surface area contributed by atoms with Crippen molar-refractivity contribution in [1.82, 2.24) is 0 Å². The number of methoxy groups -OCH3 is 1. The molecule has 148 valence electrons. The van der Waals surface area contributed by atoms with Gasteiger partial charge in [-0.05, 0) is 91.8 Å². The number of fused-ring (bicyclic) bond motifs is 5. The number of alkyl halides is 1. The highest BCUT2D eigenvalue weighted by molar-refractivity contribution is 9.09. The summed E-state index contributed by atoms with van der Waals surface area (Å²) in [5.41, 5.74) is 0.693. The zero-order chi connectivity index (χ0) is 18.5. The van der Waals surface area contributed by atoms with Crippen LogP contribution in [0, 0.1) is 46.3 Å². The summed E-state index contributed by atoms with van der Waals surface area (Å²) in [7, 11) is 1.92. The predicted molar refractivity (Wildman–Crippen MR) is 109 cm³/mol. The van der Waals surface area contributed by atoms with Crippen LogP contribution in [-0.2, 0) is 9.53 Å². The van der Waals surface area contributed by atoms with Crippen LogP contribution < -0.4 is 0 Å². The molecule has 0 aromatic rings. The minimum atomic E-state index is 0.259. The summed E-state index contributed by atoms with van der Waals surface area (Å²) >= 11 is 3.45. The van der Waals surface area contributed by atoms with E-state index in [0.717, 1.165) is 42.6 Å². The molecule has 0 N–H and O–H groups in total. The molecule has 0 aromatic heterocycles. The minimum absolute atomic E-state index is 0.259. The maximum absolute atomic E-state index is 12.6. The van der Waals surface area contributed by atoms with Crippen molar-refractivity contribution >= 4 is 21.7 Å². The molecule has 4 rings (SSSR count). The van der Waals surface area contributed by atoms with Gasteiger partial charge in [-0.1, -0.05) is 36.2 Å². The molecule has 26 heavy (non-hydrogen) atoms. The number of Topliss-reactive ketones (excluding diaryl/α,β-unsaturated/α-hetero) is 1. The Hall–Kier alpha value is 0.110. The van der Waals surface area contributed by atoms with E-state index in [-0.39, 0.29) is 5.41 Å². The first kappa shape index (κ1) is 19.4. The van der Waals surface area contributed by atoms with E-state index in [1.807, 2.05) is 7.11 Å². The molecular weight excluding hydrogens is 388 g/mol. The molecule has 0 aromatic carbocycles. The van der Waals surface area contributed by atoms with Gasteiger partial charge in [-0.3, -0.25) is 4.79 Å². The van der Waals surface area contributed by atoms with E-state index in [4.69, 9.17) is 4.74 Å². The third-order valence-corrected chi connectivity index (χ3v) is 10.1. The van der Waals surface area contributed by atoms with Gasteiger partial charge in [0.05, 0.1) is 11.9 Å². The molecule has 2 nitrogen and oxygen atoms in total. The fourth-order valence-electron chi connectivity index (χ4n) is 8.44. The number of carbonyl (C=O) groups is 1. The van der Waals surface area contributed by atoms with Gasteiger partial charge in [0.1, 0.15) is 5.78 Å². The van der Waals surface area contributed by atoms with Gasteiger partial charge in [0.2, 0.25) is 0 Å². The fourth-order valence-corrected chi connectivity index (χ4v) is 8.83. The van der Waals surface area contributed by atoms with Gasteiger partial charge < -0.3 is 4.74 Å². The van der Waals surface area contributed by atoms with E-state index in [0.29, 0.717) is 22.4 Å². The van der Waals surface area contributed by atoms with Crippen molar-refractivity contribution in [3.63, 3.8) is 0 Å². The molecule has 4 saturated carbocycles. The molecule has 0 aliphatic heterocycles. The zero-order valence-corrected chi connectivity index (χ0v) is 18.5. The molecule has 0 radical (unpaired) electrons. The third kappa shape index (κ3) is 2.78. The van der Waals surface area contributed by atoms with Crippen molar-refractivity contribution in [3.8, 4) is 0 Å². The number of rotatable bonds is 4. The third-order valence-electron chi connectivity index (χ3n) is 9.56. The van der Waals surface area contributed by atoms with Crippen LogP contribution >= 0.6 is 15.9 Å². The molecule has 5 unspecified atom stereocenters. The first-order chi connectivity index (χ1) is 12.5. The first-order valence-corrected chi connectivity index (χ1v) is 12.2. The summed E-state index contributed by atoms with van der Waals surface area (Å²) in [4.78, 5) is 12.6. The quantitative estimate of drug-likeness (QED) is 0.527. The van der Waals surface area contributed by atoms with Crippen LogP contribution in [0.3, 0.4) is 0 Å². The number of hydrogen-bond acceptors (Lipinski definition) is 2. The molecule has 0 amide bonds. The second kappa shape index (κ2) is 7.17. The van der Waals surface area contributed by atoms with E-state index in [9.17, 15) is 4.79 Å². The lowest BCUT2D eigenvalue weighted by molar-refractivity contribution is -0.153. The number of hydrogen-bond donors (Lipinski definition) is 0. The smallest absolute Gasteiger partial charge is 0.147 e. The Labute approximate surface area is 168 Å². The second-order valence-electron chi connectivity index (χ2n) is 10.5. The number of carbonyl (C=O) groups excluding carboxylic acids is 1. The Morgan fingerprint density at radius 2 is 1.88 bits per heavy atom. The molecule has 4 aliphatic carbocycles. The molecular formula is C23H37BrO2. The SMILES string of the molecule is COCC12CCC(C)C[C@H]1CC[C@@H]1C2CC[C@]2(C)C(C(=O)CBr)CCC12. The summed E-state index contributed by atoms with van der Waals surface area (Å²) in [6.45, 7) is 5.89. The van der Waals surface area contributed by atoms with E-state index in [2.05, 4.69) is 29.8 Å². The van der Waals surface area contributed by atoms with Gasteiger partial charge >= 0.3 is 0 Å². The van der Waals surface area contributed by atoms with Crippen LogP contribution in [0.2, 0.25) is 0 Å². The van der Waals surface area contributed by atoms with Crippen LogP contribution in [0.5, 0.6) is 0 Å². The zero-order valence-electron chi connectivity index (χ0n) is 16.9. The van der Waals surface area contributed by atoms with E-state index in [1.165, 1.54) is 51.4 Å². The van der Waals surface area contributed by atoms with Crippen molar-refractivity contribution in [2.24, 2.45) is 46.3 Å². The van der Waals surface area contributed by atoms with E-state index >= 15 is 0 Å². The second-order valence-corrected chi connectivity index (χ2v) is 11.0. The maximum atomic E-state index is 12.6. The predicted octanol–water partition coefficient (Wildman–Crippen LogP) is 5.87. The summed E-state index contributed by atoms with van der Waals surface area (Å²) in [6.07, 6.45) is 12.0. The van der Waals surface area contributed by atoms with Gasteiger partial charge in [-0.2, -0.15) is 0 Å². The monoisotopic (exact) mass is 424 g/mol. The Kier molecular flexibility index (Phi) is 5.36. The van der Waals surface area contributed by atoms with Crippen molar-refractivity contribution < 1.29 is 9.53 Å². The average molecular weight is 425 g/mol. The van der Waals surface area contributed by atoms with Crippen LogP contribution in [0.15, 0.2) is 0 Å². The topological polar surface area (TPSA) is 26.3 Å². The normalized spacial score (nSPS) is 50.6. The van der Waals surface area contributed by atoms with Crippen molar-refractivity contribution in [1.29, 1.82) is 0 Å². The molecule has 0 saturated heterocycles. The highest BCUT2D eigenvalue weighted by atomic mass is 79.9. The molecule has 0 heterocycles. The Bertz CT molecular complexity index is 548. The first-order valence-electron chi connectivity index (χ1n) is 11.0. The van der Waals surface area contributed by atoms with Crippen LogP contribution in [0.4, 0.5) is 0 Å². The molecule has 4 fully saturated rings. The molecule has 0 bridgehead atoms. The van der Waals surface area contributed by atoms with Crippen LogP contribution in [-0.4, -0.2) is 24.8 Å². The Balaban J connectivity index is 1.63. The van der Waals surface area contributed by atoms with Gasteiger partial charge in [0.25, 0.3) is 0 Å². The number of halogens is 1. The van der Waals surface area contributed by atoms with Crippen molar-refractivity contribution in [2.75, 3.05) is 19.0 Å². The largest absolute Gasteiger partial charge is 0.384 e. The number of ketones is 1. The van der Waals surface area contributed by atoms with E-state index < -0.39 is 0 Å². The van der Waals surface area contributed by atoms with Crippen molar-refractivity contribution in [3.05, 3.63) is 0 Å². The lowest BCUT2D eigenvalue weighted by atomic mass is 9.44. The fraction of sp³-hybridized carbons (Fsp3) is 0.957. The molecule has 8 atom stereocenters. The van der Waals surface area contributed by atoms with Crippen LogP contribution in [0.25, 0.3) is 0 Å². The van der Waals surface area contributed by atoms with Crippen LogP contribution in [0.1, 0.15) is 71.6 Å². The van der Waals surface area contributed by atoms with Gasteiger partial charge in [0, 0.05) is 13.0 Å². The van der Waals surface area contributed by atoms with Gasteiger partial charge in [-0.25, -0.2) is 0 Å². The Morgan fingerprint density at radius 3 is 2.62 bits per heavy atom. The lowest BCUT2D eigenvalue weighted by Crippen LogP contribution is -2.56.